The Hall–Kier alpha value is -2.53. The Kier molecular flexibility index (Phi) is 4.09. The number of fused-ring (bicyclic) bond motifs is 1. The number of ether oxygens (including phenoxy) is 1. The Balaban J connectivity index is 1.47. The van der Waals surface area contributed by atoms with Crippen LogP contribution >= 0.6 is 0 Å². The number of likely N-dealkylation sites (tertiary alicyclic amines) is 1. The Morgan fingerprint density at radius 3 is 2.71 bits per heavy atom. The number of H-pyrrole nitrogens is 1. The molecule has 1 saturated heterocycles. The molecule has 3 aromatic rings. The molecule has 124 valence electrons. The number of nitrogen functional groups attached to an aromatic ring is 1. The molecule has 1 aliphatic heterocycles. The molecular weight excluding hydrogens is 300 g/mol. The second-order valence-electron chi connectivity index (χ2n) is 6.26. The molecule has 0 bridgehead atoms. The Morgan fingerprint density at radius 1 is 1.12 bits per heavy atom. The van der Waals surface area contributed by atoms with Gasteiger partial charge in [0.2, 0.25) is 0 Å². The van der Waals surface area contributed by atoms with E-state index in [4.69, 9.17) is 10.5 Å². The molecule has 1 aromatic carbocycles. The normalized spacial score (nSPS) is 15.2. The molecule has 0 amide bonds. The Labute approximate surface area is 141 Å². The van der Waals surface area contributed by atoms with E-state index in [0.29, 0.717) is 5.82 Å². The van der Waals surface area contributed by atoms with Crippen LogP contribution in [0.4, 0.5) is 5.82 Å². The highest BCUT2D eigenvalue weighted by molar-refractivity contribution is 5.94. The number of nitrogens with zero attached hydrogens (tertiary/aromatic N) is 2. The van der Waals surface area contributed by atoms with E-state index in [1.807, 2.05) is 30.5 Å². The molecule has 1 aliphatic rings. The number of anilines is 1. The van der Waals surface area contributed by atoms with Gasteiger partial charge in [-0.15, -0.1) is 0 Å². The van der Waals surface area contributed by atoms with Crippen molar-refractivity contribution >= 4 is 16.9 Å². The summed E-state index contributed by atoms with van der Waals surface area (Å²) in [4.78, 5) is 9.88. The lowest BCUT2D eigenvalue weighted by Gasteiger charge is -2.15. The largest absolute Gasteiger partial charge is 0.492 e. The zero-order chi connectivity index (χ0) is 16.4. The van der Waals surface area contributed by atoms with Gasteiger partial charge in [0.1, 0.15) is 23.8 Å². The molecule has 0 aliphatic carbocycles. The van der Waals surface area contributed by atoms with Crippen LogP contribution in [-0.4, -0.2) is 41.1 Å². The Bertz CT molecular complexity index is 819. The maximum Gasteiger partial charge on any atom is 0.140 e. The van der Waals surface area contributed by atoms with Crippen LogP contribution in [0.2, 0.25) is 0 Å². The molecule has 1 fully saturated rings. The molecular formula is C19H22N4O. The highest BCUT2D eigenvalue weighted by Crippen LogP contribution is 2.30. The summed E-state index contributed by atoms with van der Waals surface area (Å²) in [6, 6.07) is 12.1. The maximum atomic E-state index is 5.92. The average molecular weight is 322 g/mol. The van der Waals surface area contributed by atoms with Crippen LogP contribution in [0.15, 0.2) is 42.6 Å². The van der Waals surface area contributed by atoms with Gasteiger partial charge in [-0.25, -0.2) is 4.98 Å². The van der Waals surface area contributed by atoms with Gasteiger partial charge < -0.3 is 15.5 Å². The lowest BCUT2D eigenvalue weighted by molar-refractivity contribution is 0.238. The van der Waals surface area contributed by atoms with Gasteiger partial charge in [0, 0.05) is 18.1 Å². The number of rotatable bonds is 5. The number of hydrogen-bond donors (Lipinski definition) is 2. The summed E-state index contributed by atoms with van der Waals surface area (Å²) in [5.74, 6) is 1.43. The number of nitrogens with one attached hydrogen (secondary N) is 1. The summed E-state index contributed by atoms with van der Waals surface area (Å²) in [6.45, 7) is 4.16. The molecule has 3 N–H and O–H groups in total. The molecule has 0 saturated carbocycles. The van der Waals surface area contributed by atoms with Crippen molar-refractivity contribution in [1.29, 1.82) is 0 Å². The molecule has 24 heavy (non-hydrogen) atoms. The molecule has 3 heterocycles. The number of aromatic amines is 1. The first-order valence-electron chi connectivity index (χ1n) is 8.49. The lowest BCUT2D eigenvalue weighted by Crippen LogP contribution is -2.25. The first kappa shape index (κ1) is 15.0. The fourth-order valence-electron chi connectivity index (χ4n) is 3.33. The minimum atomic E-state index is 0.519. The quantitative estimate of drug-likeness (QED) is 0.756. The van der Waals surface area contributed by atoms with Crippen LogP contribution in [0.25, 0.3) is 22.2 Å². The summed E-state index contributed by atoms with van der Waals surface area (Å²) in [5, 5.41) is 1.08. The number of aromatic nitrogens is 2. The monoisotopic (exact) mass is 322 g/mol. The summed E-state index contributed by atoms with van der Waals surface area (Å²) in [6.07, 6.45) is 4.52. The van der Waals surface area contributed by atoms with E-state index >= 15 is 0 Å². The van der Waals surface area contributed by atoms with Gasteiger partial charge in [-0.05, 0) is 61.3 Å². The predicted octanol–water partition coefficient (Wildman–Crippen LogP) is 3.29. The summed E-state index contributed by atoms with van der Waals surface area (Å²) in [7, 11) is 0. The van der Waals surface area contributed by atoms with Crippen molar-refractivity contribution in [3.05, 3.63) is 42.6 Å². The van der Waals surface area contributed by atoms with E-state index in [1.54, 1.807) is 0 Å². The van der Waals surface area contributed by atoms with Crippen molar-refractivity contribution in [3.8, 4) is 16.9 Å². The third-order valence-corrected chi connectivity index (χ3v) is 4.59. The van der Waals surface area contributed by atoms with Crippen molar-refractivity contribution in [2.75, 3.05) is 32.0 Å². The Morgan fingerprint density at radius 2 is 1.92 bits per heavy atom. The SMILES string of the molecule is Nc1cc(-c2ccc(OCCN3CCCC3)cc2)c2cc[nH]c2n1. The summed E-state index contributed by atoms with van der Waals surface area (Å²) < 4.78 is 5.87. The van der Waals surface area contributed by atoms with E-state index < -0.39 is 0 Å². The van der Waals surface area contributed by atoms with Crippen molar-refractivity contribution in [3.63, 3.8) is 0 Å². The second kappa shape index (κ2) is 6.53. The first-order valence-corrected chi connectivity index (χ1v) is 8.49. The standard InChI is InChI=1S/C19H22N4O/c20-18-13-17(16-7-8-21-19(16)22-18)14-3-5-15(6-4-14)24-12-11-23-9-1-2-10-23/h3-8,13H,1-2,9-12H2,(H3,20,21,22). The van der Waals surface area contributed by atoms with Gasteiger partial charge in [-0.1, -0.05) is 12.1 Å². The third-order valence-electron chi connectivity index (χ3n) is 4.59. The number of pyridine rings is 1. The number of nitrogens with two attached hydrogens (primary N) is 1. The topological polar surface area (TPSA) is 67.2 Å². The smallest absolute Gasteiger partial charge is 0.140 e. The van der Waals surface area contributed by atoms with Crippen molar-refractivity contribution in [2.45, 2.75) is 12.8 Å². The zero-order valence-electron chi connectivity index (χ0n) is 13.7. The van der Waals surface area contributed by atoms with Crippen LogP contribution in [0.5, 0.6) is 5.75 Å². The molecule has 4 rings (SSSR count). The summed E-state index contributed by atoms with van der Waals surface area (Å²) in [5.41, 5.74) is 8.93. The highest BCUT2D eigenvalue weighted by Gasteiger charge is 2.11. The van der Waals surface area contributed by atoms with Crippen LogP contribution in [0.3, 0.4) is 0 Å². The molecule has 5 nitrogen and oxygen atoms in total. The lowest BCUT2D eigenvalue weighted by atomic mass is 10.0. The predicted molar refractivity (Wildman–Crippen MR) is 97.1 cm³/mol. The molecule has 5 heteroatoms. The fraction of sp³-hybridized carbons (Fsp3) is 0.316. The third kappa shape index (κ3) is 3.08. The molecule has 0 spiro atoms. The van der Waals surface area contributed by atoms with Crippen LogP contribution in [0, 0.1) is 0 Å². The fourth-order valence-corrected chi connectivity index (χ4v) is 3.33. The van der Waals surface area contributed by atoms with Crippen LogP contribution in [0.1, 0.15) is 12.8 Å². The van der Waals surface area contributed by atoms with Crippen molar-refractivity contribution in [1.82, 2.24) is 14.9 Å². The maximum absolute atomic E-state index is 5.92. The van der Waals surface area contributed by atoms with E-state index in [0.717, 1.165) is 41.1 Å². The average Bonchev–Trinajstić information content (AvgIpc) is 3.26. The summed E-state index contributed by atoms with van der Waals surface area (Å²) >= 11 is 0. The molecule has 2 aromatic heterocycles. The van der Waals surface area contributed by atoms with Gasteiger partial charge in [0.15, 0.2) is 0 Å². The van der Waals surface area contributed by atoms with Crippen LogP contribution in [-0.2, 0) is 0 Å². The van der Waals surface area contributed by atoms with Gasteiger partial charge >= 0.3 is 0 Å². The second-order valence-corrected chi connectivity index (χ2v) is 6.26. The minimum Gasteiger partial charge on any atom is -0.492 e. The van der Waals surface area contributed by atoms with Crippen molar-refractivity contribution < 1.29 is 4.74 Å². The van der Waals surface area contributed by atoms with E-state index in [-0.39, 0.29) is 0 Å². The van der Waals surface area contributed by atoms with E-state index in [9.17, 15) is 0 Å². The van der Waals surface area contributed by atoms with E-state index in [2.05, 4.69) is 27.0 Å². The van der Waals surface area contributed by atoms with Gasteiger partial charge in [0.05, 0.1) is 0 Å². The van der Waals surface area contributed by atoms with E-state index in [1.165, 1.54) is 25.9 Å². The van der Waals surface area contributed by atoms with Gasteiger partial charge in [-0.3, -0.25) is 4.90 Å². The molecule has 0 atom stereocenters. The minimum absolute atomic E-state index is 0.519. The van der Waals surface area contributed by atoms with Gasteiger partial charge in [0.25, 0.3) is 0 Å². The van der Waals surface area contributed by atoms with Crippen LogP contribution < -0.4 is 10.5 Å². The number of benzene rings is 1. The highest BCUT2D eigenvalue weighted by atomic mass is 16.5. The number of hydrogen-bond acceptors (Lipinski definition) is 4. The first-order chi connectivity index (χ1) is 11.8. The van der Waals surface area contributed by atoms with Crippen molar-refractivity contribution in [2.24, 2.45) is 0 Å². The molecule has 0 radical (unpaired) electrons. The van der Waals surface area contributed by atoms with Gasteiger partial charge in [-0.2, -0.15) is 0 Å². The molecule has 0 unspecified atom stereocenters. The zero-order valence-corrected chi connectivity index (χ0v) is 13.7.